The van der Waals surface area contributed by atoms with E-state index < -0.39 is 16.1 Å². The lowest BCUT2D eigenvalue weighted by Gasteiger charge is -2.38. The van der Waals surface area contributed by atoms with Crippen LogP contribution in [0.2, 0.25) is 0 Å². The van der Waals surface area contributed by atoms with E-state index in [-0.39, 0.29) is 11.3 Å². The molecule has 1 heterocycles. The first-order valence-electron chi connectivity index (χ1n) is 12.0. The highest BCUT2D eigenvalue weighted by Gasteiger charge is 2.36. The number of carbonyl (C=O) groups is 1. The molecule has 1 N–H and O–H groups in total. The number of para-hydroxylation sites is 1. The van der Waals surface area contributed by atoms with Crippen molar-refractivity contribution in [1.29, 1.82) is 0 Å². The van der Waals surface area contributed by atoms with Crippen molar-refractivity contribution in [3.63, 3.8) is 0 Å². The van der Waals surface area contributed by atoms with Gasteiger partial charge in [0, 0.05) is 25.2 Å². The molecule has 1 aliphatic rings. The Morgan fingerprint density at radius 3 is 2.08 bits per heavy atom. The molecule has 1 fully saturated rings. The fourth-order valence-electron chi connectivity index (χ4n) is 4.62. The Hall–Kier alpha value is -3.36. The fourth-order valence-corrected chi connectivity index (χ4v) is 5.79. The van der Waals surface area contributed by atoms with Crippen LogP contribution in [-0.4, -0.2) is 46.4 Å². The van der Waals surface area contributed by atoms with Crippen LogP contribution in [0.5, 0.6) is 11.5 Å². The molecular formula is C28H32N2O5S. The summed E-state index contributed by atoms with van der Waals surface area (Å²) < 4.78 is 38.0. The quantitative estimate of drug-likeness (QED) is 0.460. The van der Waals surface area contributed by atoms with Gasteiger partial charge in [0.05, 0.1) is 11.9 Å². The smallest absolute Gasteiger partial charge is 0.243 e. The van der Waals surface area contributed by atoms with E-state index in [1.165, 1.54) is 0 Å². The lowest BCUT2D eigenvalue weighted by atomic mass is 9.74. The molecule has 0 bridgehead atoms. The molecule has 1 atom stereocenters. The second-order valence-corrected chi connectivity index (χ2v) is 11.0. The van der Waals surface area contributed by atoms with Gasteiger partial charge in [-0.05, 0) is 61.7 Å². The van der Waals surface area contributed by atoms with Crippen molar-refractivity contribution in [2.24, 2.45) is 0 Å². The van der Waals surface area contributed by atoms with E-state index >= 15 is 0 Å². The summed E-state index contributed by atoms with van der Waals surface area (Å²) in [4.78, 5) is 13.3. The second-order valence-electron chi connectivity index (χ2n) is 9.12. The Morgan fingerprint density at radius 1 is 0.944 bits per heavy atom. The molecule has 4 rings (SSSR count). The zero-order chi connectivity index (χ0) is 25.6. The highest BCUT2D eigenvalue weighted by atomic mass is 32.2. The molecule has 1 amide bonds. The Labute approximate surface area is 213 Å². The van der Waals surface area contributed by atoms with Crippen LogP contribution in [0.1, 0.15) is 25.3 Å². The summed E-state index contributed by atoms with van der Waals surface area (Å²) in [6.07, 6.45) is 2.67. The topological polar surface area (TPSA) is 84.9 Å². The van der Waals surface area contributed by atoms with E-state index in [0.29, 0.717) is 36.9 Å². The van der Waals surface area contributed by atoms with Crippen LogP contribution in [0.3, 0.4) is 0 Å². The van der Waals surface area contributed by atoms with Gasteiger partial charge in [0.2, 0.25) is 15.9 Å². The molecule has 190 valence electrons. The summed E-state index contributed by atoms with van der Waals surface area (Å²) >= 11 is 0. The summed E-state index contributed by atoms with van der Waals surface area (Å²) in [7, 11) is -3.73. The summed E-state index contributed by atoms with van der Waals surface area (Å²) in [5, 5.41) is 3.03. The minimum absolute atomic E-state index is 0.249. The van der Waals surface area contributed by atoms with Crippen LogP contribution in [0.4, 0.5) is 5.69 Å². The lowest BCUT2D eigenvalue weighted by Crippen LogP contribution is -2.51. The molecular weight excluding hydrogens is 476 g/mol. The zero-order valence-corrected chi connectivity index (χ0v) is 21.4. The van der Waals surface area contributed by atoms with Crippen LogP contribution in [0.25, 0.3) is 0 Å². The zero-order valence-electron chi connectivity index (χ0n) is 20.6. The number of anilines is 1. The van der Waals surface area contributed by atoms with E-state index in [9.17, 15) is 13.2 Å². The van der Waals surface area contributed by atoms with Gasteiger partial charge in [0.1, 0.15) is 17.5 Å². The van der Waals surface area contributed by atoms with Crippen molar-refractivity contribution in [2.45, 2.75) is 31.2 Å². The number of carbonyl (C=O) groups excluding carboxylic acids is 1. The van der Waals surface area contributed by atoms with E-state index in [1.54, 1.807) is 31.2 Å². The first-order chi connectivity index (χ1) is 17.3. The molecule has 1 saturated heterocycles. The van der Waals surface area contributed by atoms with Crippen molar-refractivity contribution in [3.8, 4) is 11.5 Å². The number of ether oxygens (including phenoxy) is 2. The molecule has 36 heavy (non-hydrogen) atoms. The van der Waals surface area contributed by atoms with Crippen molar-refractivity contribution in [2.75, 3.05) is 30.3 Å². The van der Waals surface area contributed by atoms with Crippen molar-refractivity contribution in [1.82, 2.24) is 5.32 Å². The number of nitrogens with one attached hydrogen (secondary N) is 1. The van der Waals surface area contributed by atoms with Gasteiger partial charge in [-0.15, -0.1) is 0 Å². The van der Waals surface area contributed by atoms with Gasteiger partial charge in [0.15, 0.2) is 0 Å². The molecule has 1 unspecified atom stereocenters. The van der Waals surface area contributed by atoms with Gasteiger partial charge >= 0.3 is 0 Å². The molecule has 8 heteroatoms. The molecule has 0 aliphatic carbocycles. The average molecular weight is 509 g/mol. The molecule has 0 spiro atoms. The predicted octanol–water partition coefficient (Wildman–Crippen LogP) is 4.50. The van der Waals surface area contributed by atoms with Crippen molar-refractivity contribution < 1.29 is 22.7 Å². The Balaban J connectivity index is 1.49. The number of nitrogens with zero attached hydrogens (tertiary/aromatic N) is 1. The third kappa shape index (κ3) is 6.06. The van der Waals surface area contributed by atoms with Crippen molar-refractivity contribution in [3.05, 3.63) is 90.5 Å². The van der Waals surface area contributed by atoms with Gasteiger partial charge in [-0.3, -0.25) is 9.10 Å². The van der Waals surface area contributed by atoms with Crippen LogP contribution < -0.4 is 14.4 Å². The van der Waals surface area contributed by atoms with E-state index in [2.05, 4.69) is 17.4 Å². The number of amides is 1. The maximum Gasteiger partial charge on any atom is 0.243 e. The second kappa shape index (κ2) is 11.1. The number of hydrogen-bond acceptors (Lipinski definition) is 5. The molecule has 0 radical (unpaired) electrons. The van der Waals surface area contributed by atoms with Gasteiger partial charge in [0.25, 0.3) is 0 Å². The highest BCUT2D eigenvalue weighted by molar-refractivity contribution is 7.92. The summed E-state index contributed by atoms with van der Waals surface area (Å²) in [6.45, 7) is 3.25. The molecule has 0 aromatic heterocycles. The van der Waals surface area contributed by atoms with Gasteiger partial charge < -0.3 is 14.8 Å². The minimum atomic E-state index is -3.73. The lowest BCUT2D eigenvalue weighted by molar-refractivity contribution is -0.122. The highest BCUT2D eigenvalue weighted by Crippen LogP contribution is 2.34. The molecule has 1 aliphatic heterocycles. The fraction of sp³-hybridized carbons (Fsp3) is 0.321. The van der Waals surface area contributed by atoms with Gasteiger partial charge in [-0.2, -0.15) is 0 Å². The SMILES string of the molecule is CC(C(=O)NCC1(c2ccccc2)CCOCC1)N(c1ccc(Oc2ccccc2)cc1)S(C)(=O)=O. The van der Waals surface area contributed by atoms with Gasteiger partial charge in [-0.25, -0.2) is 8.42 Å². The maximum absolute atomic E-state index is 13.3. The summed E-state index contributed by atoms with van der Waals surface area (Å²) in [6, 6.07) is 25.2. The summed E-state index contributed by atoms with van der Waals surface area (Å²) in [5.41, 5.74) is 1.29. The predicted molar refractivity (Wildman–Crippen MR) is 141 cm³/mol. The number of rotatable bonds is 9. The average Bonchev–Trinajstić information content (AvgIpc) is 2.89. The van der Waals surface area contributed by atoms with Crippen molar-refractivity contribution >= 4 is 21.6 Å². The Kier molecular flexibility index (Phi) is 7.96. The van der Waals surface area contributed by atoms with E-state index in [4.69, 9.17) is 9.47 Å². The molecule has 3 aromatic rings. The molecule has 7 nitrogen and oxygen atoms in total. The largest absolute Gasteiger partial charge is 0.457 e. The Bertz CT molecular complexity index is 1240. The van der Waals surface area contributed by atoms with E-state index in [0.717, 1.165) is 29.0 Å². The van der Waals surface area contributed by atoms with Crippen LogP contribution >= 0.6 is 0 Å². The standard InChI is InChI=1S/C28H32N2O5S/c1-22(27(31)29-21-28(17-19-34-20-18-28)23-9-5-3-6-10-23)30(36(2,32)33)24-13-15-26(16-14-24)35-25-11-7-4-8-12-25/h3-16,22H,17-21H2,1-2H3,(H,29,31). The summed E-state index contributed by atoms with van der Waals surface area (Å²) in [5.74, 6) is 0.894. The molecule has 0 saturated carbocycles. The molecule has 3 aromatic carbocycles. The maximum atomic E-state index is 13.3. The third-order valence-corrected chi connectivity index (χ3v) is 7.84. The number of sulfonamides is 1. The normalized spacial score (nSPS) is 16.1. The van der Waals surface area contributed by atoms with Gasteiger partial charge in [-0.1, -0.05) is 48.5 Å². The first-order valence-corrected chi connectivity index (χ1v) is 13.9. The third-order valence-electron chi connectivity index (χ3n) is 6.60. The van der Waals surface area contributed by atoms with E-state index in [1.807, 2.05) is 48.5 Å². The van der Waals surface area contributed by atoms with Crippen LogP contribution in [0, 0.1) is 0 Å². The van der Waals surface area contributed by atoms with Crippen LogP contribution in [-0.2, 0) is 25.0 Å². The minimum Gasteiger partial charge on any atom is -0.457 e. The number of hydrogen-bond donors (Lipinski definition) is 1. The Morgan fingerprint density at radius 2 is 1.50 bits per heavy atom. The van der Waals surface area contributed by atoms with Crippen LogP contribution in [0.15, 0.2) is 84.9 Å². The first kappa shape index (κ1) is 25.7. The number of benzene rings is 3. The monoisotopic (exact) mass is 508 g/mol.